The Kier molecular flexibility index (Phi) is 6.20. The van der Waals surface area contributed by atoms with Crippen LogP contribution in [0.25, 0.3) is 20.4 Å². The number of ether oxygens (including phenoxy) is 1. The molecule has 3 aromatic heterocycles. The van der Waals surface area contributed by atoms with Crippen LogP contribution in [0.5, 0.6) is 0 Å². The van der Waals surface area contributed by atoms with Crippen LogP contribution in [0.1, 0.15) is 51.2 Å². The third-order valence-electron chi connectivity index (χ3n) is 7.26. The zero-order valence-corrected chi connectivity index (χ0v) is 21.4. The van der Waals surface area contributed by atoms with Crippen LogP contribution in [0.15, 0.2) is 6.33 Å². The first-order valence-electron chi connectivity index (χ1n) is 12.2. The molecule has 0 spiro atoms. The van der Waals surface area contributed by atoms with Gasteiger partial charge in [-0.1, -0.05) is 13.8 Å². The van der Waals surface area contributed by atoms with Gasteiger partial charge in [0.15, 0.2) is 5.82 Å². The lowest BCUT2D eigenvalue weighted by Gasteiger charge is -2.34. The maximum Gasteiger partial charge on any atom is 0.242 e. The molecule has 3 aromatic rings. The van der Waals surface area contributed by atoms with Gasteiger partial charge < -0.3 is 15.4 Å². The minimum Gasteiger partial charge on any atom is -0.376 e. The van der Waals surface area contributed by atoms with Crippen LogP contribution in [0.3, 0.4) is 0 Å². The van der Waals surface area contributed by atoms with Gasteiger partial charge in [-0.25, -0.2) is 15.0 Å². The van der Waals surface area contributed by atoms with Gasteiger partial charge in [-0.05, 0) is 55.6 Å². The van der Waals surface area contributed by atoms with Crippen molar-refractivity contribution in [1.29, 1.82) is 0 Å². The molecular weight excluding hydrogens is 448 g/mol. The number of hydrogen-bond donors (Lipinski definition) is 1. The van der Waals surface area contributed by atoms with Crippen LogP contribution >= 0.6 is 11.3 Å². The molecule has 1 aliphatic heterocycles. The number of nitrogens with two attached hydrogens (primary N) is 1. The average Bonchev–Trinajstić information content (AvgIpc) is 3.47. The van der Waals surface area contributed by atoms with E-state index in [2.05, 4.69) is 37.7 Å². The number of rotatable bonds is 6. The molecule has 1 amide bonds. The van der Waals surface area contributed by atoms with E-state index in [-0.39, 0.29) is 24.0 Å². The third kappa shape index (κ3) is 4.03. The monoisotopic (exact) mass is 482 g/mol. The van der Waals surface area contributed by atoms with Crippen molar-refractivity contribution < 1.29 is 9.53 Å². The number of anilines is 2. The Morgan fingerprint density at radius 1 is 1.29 bits per heavy atom. The fourth-order valence-corrected chi connectivity index (χ4v) is 6.39. The molecule has 34 heavy (non-hydrogen) atoms. The van der Waals surface area contributed by atoms with E-state index in [1.807, 2.05) is 0 Å². The second-order valence-corrected chi connectivity index (χ2v) is 11.2. The molecule has 0 aromatic carbocycles. The van der Waals surface area contributed by atoms with Crippen molar-refractivity contribution in [2.45, 2.75) is 59.0 Å². The predicted octanol–water partition coefficient (Wildman–Crippen LogP) is 3.68. The van der Waals surface area contributed by atoms with Crippen LogP contribution in [0.4, 0.5) is 11.6 Å². The van der Waals surface area contributed by atoms with E-state index in [9.17, 15) is 4.79 Å². The maximum atomic E-state index is 12.9. The summed E-state index contributed by atoms with van der Waals surface area (Å²) in [6.07, 6.45) is 6.66. The molecule has 1 aliphatic carbocycles. The molecule has 5 rings (SSSR count). The van der Waals surface area contributed by atoms with Crippen LogP contribution in [0, 0.1) is 5.41 Å². The lowest BCUT2D eigenvalue weighted by atomic mass is 9.73. The second-order valence-electron chi connectivity index (χ2n) is 10.2. The topological polar surface area (TPSA) is 97.5 Å². The minimum absolute atomic E-state index is 0.00591. The Hall–Kier alpha value is -2.36. The van der Waals surface area contributed by atoms with Gasteiger partial charge in [-0.15, -0.1) is 11.3 Å². The Balaban J connectivity index is 1.73. The van der Waals surface area contributed by atoms with Gasteiger partial charge >= 0.3 is 0 Å². The molecule has 8 nitrogen and oxygen atoms in total. The summed E-state index contributed by atoms with van der Waals surface area (Å²) in [6, 6.07) is 0. The summed E-state index contributed by atoms with van der Waals surface area (Å²) in [4.78, 5) is 32.3. The summed E-state index contributed by atoms with van der Waals surface area (Å²) >= 11 is 1.58. The maximum absolute atomic E-state index is 12.9. The van der Waals surface area contributed by atoms with Crippen molar-refractivity contribution in [2.75, 3.05) is 43.1 Å². The predicted molar refractivity (Wildman–Crippen MR) is 138 cm³/mol. The smallest absolute Gasteiger partial charge is 0.242 e. The Morgan fingerprint density at radius 2 is 2.12 bits per heavy atom. The van der Waals surface area contributed by atoms with Gasteiger partial charge in [-0.3, -0.25) is 9.69 Å². The average molecular weight is 483 g/mol. The van der Waals surface area contributed by atoms with Gasteiger partial charge in [0.1, 0.15) is 17.0 Å². The number of hydrogen-bond acceptors (Lipinski definition) is 8. The lowest BCUT2D eigenvalue weighted by molar-refractivity contribution is -0.117. The molecule has 1 saturated heterocycles. The Bertz CT molecular complexity index is 1230. The summed E-state index contributed by atoms with van der Waals surface area (Å²) in [5.41, 5.74) is 9.60. The van der Waals surface area contributed by atoms with Crippen LogP contribution in [0.2, 0.25) is 0 Å². The molecule has 1 atom stereocenters. The first-order chi connectivity index (χ1) is 16.3. The largest absolute Gasteiger partial charge is 0.376 e. The quantitative estimate of drug-likeness (QED) is 0.572. The molecule has 9 heteroatoms. The van der Waals surface area contributed by atoms with Gasteiger partial charge in [0, 0.05) is 25.6 Å². The van der Waals surface area contributed by atoms with Gasteiger partial charge in [0.25, 0.3) is 0 Å². The van der Waals surface area contributed by atoms with Gasteiger partial charge in [0.2, 0.25) is 5.91 Å². The van der Waals surface area contributed by atoms with Gasteiger partial charge in [0.05, 0.1) is 29.4 Å². The minimum atomic E-state index is -0.157. The van der Waals surface area contributed by atoms with E-state index >= 15 is 0 Å². The fourth-order valence-electron chi connectivity index (χ4n) is 5.24. The van der Waals surface area contributed by atoms with E-state index < -0.39 is 0 Å². The molecule has 4 heterocycles. The Morgan fingerprint density at radius 3 is 2.82 bits per heavy atom. The van der Waals surface area contributed by atoms with E-state index in [1.165, 1.54) is 11.1 Å². The highest BCUT2D eigenvalue weighted by Gasteiger charge is 2.33. The molecule has 2 aliphatic rings. The van der Waals surface area contributed by atoms with E-state index in [0.29, 0.717) is 12.4 Å². The number of thiophene rings is 1. The molecule has 0 bridgehead atoms. The van der Waals surface area contributed by atoms with Crippen molar-refractivity contribution in [3.63, 3.8) is 0 Å². The zero-order valence-electron chi connectivity index (χ0n) is 20.6. The molecule has 1 fully saturated rings. The number of carbonyl (C=O) groups excluding carboxylic acids is 1. The number of carbonyl (C=O) groups is 1. The number of fused-ring (bicyclic) bond motifs is 5. The highest BCUT2D eigenvalue weighted by Crippen LogP contribution is 2.46. The van der Waals surface area contributed by atoms with Crippen molar-refractivity contribution in [3.8, 4) is 0 Å². The number of nitrogens with zero attached hydrogens (tertiary/aromatic N) is 5. The second kappa shape index (κ2) is 9.02. The highest BCUT2D eigenvalue weighted by atomic mass is 32.1. The summed E-state index contributed by atoms with van der Waals surface area (Å²) in [6.45, 7) is 8.84. The summed E-state index contributed by atoms with van der Waals surface area (Å²) < 4.78 is 6.72. The number of amides is 1. The van der Waals surface area contributed by atoms with Crippen LogP contribution in [-0.4, -0.2) is 60.3 Å². The molecule has 1 unspecified atom stereocenters. The lowest BCUT2D eigenvalue weighted by Crippen LogP contribution is -2.41. The molecule has 0 saturated carbocycles. The zero-order chi connectivity index (χ0) is 24.0. The number of pyridine rings is 1. The normalized spacial score (nSPS) is 19.5. The number of aromatic nitrogens is 3. The molecule has 182 valence electrons. The fraction of sp³-hybridized carbons (Fsp3) is 0.600. The third-order valence-corrected chi connectivity index (χ3v) is 8.33. The highest BCUT2D eigenvalue weighted by molar-refractivity contribution is 7.26. The summed E-state index contributed by atoms with van der Waals surface area (Å²) in [5, 5.41) is 1.12. The van der Waals surface area contributed by atoms with Crippen molar-refractivity contribution in [3.05, 3.63) is 17.5 Å². The van der Waals surface area contributed by atoms with E-state index in [4.69, 9.17) is 20.4 Å². The van der Waals surface area contributed by atoms with Crippen LogP contribution < -0.4 is 15.5 Å². The van der Waals surface area contributed by atoms with Crippen molar-refractivity contribution >= 4 is 49.3 Å². The van der Waals surface area contributed by atoms with Crippen LogP contribution in [-0.2, 0) is 22.4 Å². The van der Waals surface area contributed by atoms with Gasteiger partial charge in [-0.2, -0.15) is 0 Å². The summed E-state index contributed by atoms with van der Waals surface area (Å²) in [5.74, 6) is 1.53. The standard InChI is InChI=1S/C25H34N6O2S/c1-5-30(4)22-16-8-9-25(2,3)11-17(16)19-20-21(34-24(19)29-22)23(28-14-27-20)31(18(32)12-26)13-15-7-6-10-33-15/h14-15H,5-13,26H2,1-4H3. The molecular formula is C25H34N6O2S. The SMILES string of the molecule is CCN(C)c1nc2sc3c(N(CC4CCCO4)C(=O)CN)ncnc3c2c2c1CCC(C)(C)C2. The van der Waals surface area contributed by atoms with E-state index in [0.717, 1.165) is 71.5 Å². The summed E-state index contributed by atoms with van der Waals surface area (Å²) in [7, 11) is 2.11. The van der Waals surface area contributed by atoms with E-state index in [1.54, 1.807) is 22.6 Å². The van der Waals surface area contributed by atoms with Crippen molar-refractivity contribution in [1.82, 2.24) is 15.0 Å². The van der Waals surface area contributed by atoms with Crippen molar-refractivity contribution in [2.24, 2.45) is 11.1 Å². The molecule has 2 N–H and O–H groups in total. The first kappa shape index (κ1) is 23.4. The molecule has 0 radical (unpaired) electrons. The first-order valence-corrected chi connectivity index (χ1v) is 13.1. The Labute approximate surface area is 204 Å².